The van der Waals surface area contributed by atoms with E-state index in [-0.39, 0.29) is 16.7 Å². The Labute approximate surface area is 113 Å². The highest BCUT2D eigenvalue weighted by Gasteiger charge is 2.26. The molecule has 2 rings (SSSR count). The summed E-state index contributed by atoms with van der Waals surface area (Å²) in [6, 6.07) is 5.13. The van der Waals surface area contributed by atoms with Gasteiger partial charge in [0.2, 0.25) is 0 Å². The molecule has 2 atom stereocenters. The fourth-order valence-corrected chi connectivity index (χ4v) is 2.61. The quantitative estimate of drug-likeness (QED) is 0.671. The van der Waals surface area contributed by atoms with Gasteiger partial charge in [0.25, 0.3) is 5.69 Å². The van der Waals surface area contributed by atoms with Gasteiger partial charge in [0.1, 0.15) is 11.9 Å². The van der Waals surface area contributed by atoms with Crippen LogP contribution in [-0.4, -0.2) is 24.1 Å². The summed E-state index contributed by atoms with van der Waals surface area (Å²) >= 11 is 0. The van der Waals surface area contributed by atoms with Gasteiger partial charge in [-0.15, -0.1) is 0 Å². The molecule has 0 spiro atoms. The molecule has 1 aromatic rings. The lowest BCUT2D eigenvalue weighted by Crippen LogP contribution is -2.43. The molecule has 0 aromatic heterocycles. The van der Waals surface area contributed by atoms with E-state index in [1.807, 2.05) is 14.0 Å². The van der Waals surface area contributed by atoms with Gasteiger partial charge in [-0.3, -0.25) is 10.1 Å². The maximum Gasteiger partial charge on any atom is 0.269 e. The number of hydrogen-bond donors (Lipinski definition) is 1. The topological polar surface area (TPSA) is 64.4 Å². The molecule has 1 fully saturated rings. The molecule has 1 N–H and O–H groups in total. The Balaban J connectivity index is 2.11. The molecule has 0 amide bonds. The fraction of sp³-hybridized carbons (Fsp3) is 0.571. The monoisotopic (exact) mass is 264 g/mol. The standard InChI is InChI=1S/C14H20N2O3/c1-10-9-11(16(17)18)7-8-13(10)19-14-6-4-3-5-12(14)15-2/h7-9,12,14-15H,3-6H2,1-2H3. The van der Waals surface area contributed by atoms with Crippen molar-refractivity contribution in [2.45, 2.75) is 44.8 Å². The van der Waals surface area contributed by atoms with Gasteiger partial charge in [-0.1, -0.05) is 6.42 Å². The molecule has 1 aromatic carbocycles. The van der Waals surface area contributed by atoms with E-state index in [0.717, 1.165) is 24.2 Å². The average Bonchev–Trinajstić information content (AvgIpc) is 2.41. The van der Waals surface area contributed by atoms with Crippen molar-refractivity contribution in [3.05, 3.63) is 33.9 Å². The van der Waals surface area contributed by atoms with Crippen LogP contribution in [0.15, 0.2) is 18.2 Å². The number of hydrogen-bond acceptors (Lipinski definition) is 4. The van der Waals surface area contributed by atoms with E-state index in [2.05, 4.69) is 5.32 Å². The molecule has 19 heavy (non-hydrogen) atoms. The van der Waals surface area contributed by atoms with Gasteiger partial charge in [0.05, 0.1) is 4.92 Å². The Hall–Kier alpha value is -1.62. The molecule has 2 unspecified atom stereocenters. The second-order valence-electron chi connectivity index (χ2n) is 5.04. The van der Waals surface area contributed by atoms with Crippen LogP contribution < -0.4 is 10.1 Å². The van der Waals surface area contributed by atoms with E-state index in [1.165, 1.54) is 18.9 Å². The molecule has 0 saturated heterocycles. The van der Waals surface area contributed by atoms with Gasteiger partial charge in [-0.25, -0.2) is 0 Å². The van der Waals surface area contributed by atoms with Crippen LogP contribution in [-0.2, 0) is 0 Å². The smallest absolute Gasteiger partial charge is 0.269 e. The Morgan fingerprint density at radius 3 is 2.74 bits per heavy atom. The lowest BCUT2D eigenvalue weighted by molar-refractivity contribution is -0.384. The van der Waals surface area contributed by atoms with Crippen molar-refractivity contribution < 1.29 is 9.66 Å². The Bertz CT molecular complexity index is 462. The predicted octanol–water partition coefficient (Wildman–Crippen LogP) is 2.81. The highest BCUT2D eigenvalue weighted by molar-refractivity contribution is 5.43. The van der Waals surface area contributed by atoms with Crippen LogP contribution in [0.1, 0.15) is 31.2 Å². The zero-order valence-electron chi connectivity index (χ0n) is 11.4. The van der Waals surface area contributed by atoms with Gasteiger partial charge in [-0.2, -0.15) is 0 Å². The van der Waals surface area contributed by atoms with Gasteiger partial charge in [0, 0.05) is 18.2 Å². The number of nitrogens with one attached hydrogen (secondary N) is 1. The molecule has 1 aliphatic carbocycles. The maximum absolute atomic E-state index is 10.7. The van der Waals surface area contributed by atoms with E-state index in [1.54, 1.807) is 12.1 Å². The second-order valence-corrected chi connectivity index (χ2v) is 5.04. The lowest BCUT2D eigenvalue weighted by Gasteiger charge is -2.32. The summed E-state index contributed by atoms with van der Waals surface area (Å²) in [6.07, 6.45) is 4.70. The molecular weight excluding hydrogens is 244 g/mol. The van der Waals surface area contributed by atoms with Crippen LogP contribution in [0.2, 0.25) is 0 Å². The number of nitro benzene ring substituents is 1. The van der Waals surface area contributed by atoms with Crippen LogP contribution in [0, 0.1) is 17.0 Å². The SMILES string of the molecule is CNC1CCCCC1Oc1ccc([N+](=O)[O-])cc1C. The number of non-ortho nitro benzene ring substituents is 1. The third kappa shape index (κ3) is 3.23. The Morgan fingerprint density at radius 1 is 1.37 bits per heavy atom. The molecule has 104 valence electrons. The fourth-order valence-electron chi connectivity index (χ4n) is 2.61. The summed E-state index contributed by atoms with van der Waals surface area (Å²) < 4.78 is 6.04. The number of benzene rings is 1. The van der Waals surface area contributed by atoms with E-state index in [0.29, 0.717) is 6.04 Å². The number of likely N-dealkylation sites (N-methyl/N-ethyl adjacent to an activating group) is 1. The number of aryl methyl sites for hydroxylation is 1. The summed E-state index contributed by atoms with van der Waals surface area (Å²) in [5.74, 6) is 0.748. The van der Waals surface area contributed by atoms with Gasteiger partial charge in [-0.05, 0) is 44.9 Å². The first-order chi connectivity index (χ1) is 9.11. The molecule has 0 radical (unpaired) electrons. The van der Waals surface area contributed by atoms with Gasteiger partial charge >= 0.3 is 0 Å². The van der Waals surface area contributed by atoms with Crippen molar-refractivity contribution in [1.29, 1.82) is 0 Å². The molecule has 0 bridgehead atoms. The van der Waals surface area contributed by atoms with E-state index >= 15 is 0 Å². The highest BCUT2D eigenvalue weighted by atomic mass is 16.6. The summed E-state index contributed by atoms with van der Waals surface area (Å²) in [6.45, 7) is 1.85. The summed E-state index contributed by atoms with van der Waals surface area (Å²) in [4.78, 5) is 10.3. The molecule has 5 heteroatoms. The van der Waals surface area contributed by atoms with Crippen molar-refractivity contribution in [2.75, 3.05) is 7.05 Å². The number of nitrogens with zero attached hydrogens (tertiary/aromatic N) is 1. The summed E-state index contributed by atoms with van der Waals surface area (Å²) in [7, 11) is 1.95. The molecular formula is C14H20N2O3. The number of ether oxygens (including phenoxy) is 1. The number of rotatable bonds is 4. The minimum Gasteiger partial charge on any atom is -0.489 e. The maximum atomic E-state index is 10.7. The first kappa shape index (κ1) is 13.8. The molecule has 1 saturated carbocycles. The Kier molecular flexibility index (Phi) is 4.37. The molecule has 5 nitrogen and oxygen atoms in total. The van der Waals surface area contributed by atoms with Gasteiger partial charge < -0.3 is 10.1 Å². The summed E-state index contributed by atoms with van der Waals surface area (Å²) in [5.41, 5.74) is 0.924. The average molecular weight is 264 g/mol. The minimum absolute atomic E-state index is 0.110. The summed E-state index contributed by atoms with van der Waals surface area (Å²) in [5, 5.41) is 14.0. The van der Waals surface area contributed by atoms with Crippen LogP contribution in [0.3, 0.4) is 0 Å². The van der Waals surface area contributed by atoms with Crippen LogP contribution in [0.25, 0.3) is 0 Å². The van der Waals surface area contributed by atoms with Crippen molar-refractivity contribution in [3.63, 3.8) is 0 Å². The lowest BCUT2D eigenvalue weighted by atomic mass is 9.92. The highest BCUT2D eigenvalue weighted by Crippen LogP contribution is 2.28. The van der Waals surface area contributed by atoms with E-state index < -0.39 is 0 Å². The molecule has 1 aliphatic rings. The first-order valence-electron chi connectivity index (χ1n) is 6.71. The largest absolute Gasteiger partial charge is 0.489 e. The van der Waals surface area contributed by atoms with Crippen LogP contribution in [0.5, 0.6) is 5.75 Å². The van der Waals surface area contributed by atoms with Crippen LogP contribution in [0.4, 0.5) is 5.69 Å². The van der Waals surface area contributed by atoms with E-state index in [9.17, 15) is 10.1 Å². The third-order valence-corrected chi connectivity index (χ3v) is 3.72. The minimum atomic E-state index is -0.381. The zero-order chi connectivity index (χ0) is 13.8. The van der Waals surface area contributed by atoms with Gasteiger partial charge in [0.15, 0.2) is 0 Å². The van der Waals surface area contributed by atoms with Crippen molar-refractivity contribution in [2.24, 2.45) is 0 Å². The van der Waals surface area contributed by atoms with Crippen molar-refractivity contribution >= 4 is 5.69 Å². The zero-order valence-corrected chi connectivity index (χ0v) is 11.4. The second kappa shape index (κ2) is 6.02. The van der Waals surface area contributed by atoms with Crippen molar-refractivity contribution in [1.82, 2.24) is 5.32 Å². The normalized spacial score (nSPS) is 23.1. The number of nitro groups is 1. The third-order valence-electron chi connectivity index (χ3n) is 3.72. The Morgan fingerprint density at radius 2 is 2.11 bits per heavy atom. The van der Waals surface area contributed by atoms with Crippen molar-refractivity contribution in [3.8, 4) is 5.75 Å². The predicted molar refractivity (Wildman–Crippen MR) is 73.6 cm³/mol. The van der Waals surface area contributed by atoms with E-state index in [4.69, 9.17) is 4.74 Å². The molecule has 0 heterocycles. The molecule has 0 aliphatic heterocycles. The van der Waals surface area contributed by atoms with Crippen LogP contribution >= 0.6 is 0 Å². The first-order valence-corrected chi connectivity index (χ1v) is 6.71.